The second-order valence-corrected chi connectivity index (χ2v) is 2.43. The number of hydrogen-bond acceptors (Lipinski definition) is 2. The highest BCUT2D eigenvalue weighted by atomic mass is 16.1. The number of unbranched alkanes of at least 4 members (excludes halogenated alkanes) is 3. The summed E-state index contributed by atoms with van der Waals surface area (Å²) in [6, 6.07) is 0. The van der Waals surface area contributed by atoms with Gasteiger partial charge < -0.3 is 10.1 Å². The fourth-order valence-electron chi connectivity index (χ4n) is 0.838. The molecule has 60 valence electrons. The Labute approximate surface area is 63.0 Å². The Morgan fingerprint density at radius 1 is 1.30 bits per heavy atom. The quantitative estimate of drug-likeness (QED) is 0.430. The van der Waals surface area contributed by atoms with Crippen molar-refractivity contribution >= 4 is 6.29 Å². The minimum atomic E-state index is 0.506. The molecule has 0 saturated carbocycles. The average Bonchev–Trinajstić information content (AvgIpc) is 1.97. The monoisotopic (exact) mass is 143 g/mol. The molecule has 0 saturated heterocycles. The number of nitrogens with one attached hydrogen (secondary N) is 1. The molecular weight excluding hydrogens is 126 g/mol. The molecule has 0 bridgehead atoms. The van der Waals surface area contributed by atoms with E-state index >= 15 is 0 Å². The smallest absolute Gasteiger partial charge is 0.133 e. The lowest BCUT2D eigenvalue weighted by molar-refractivity contribution is -0.107. The number of carbonyl (C=O) groups is 1. The normalized spacial score (nSPS) is 9.70. The average molecular weight is 143 g/mol. The molecule has 0 aliphatic rings. The lowest BCUT2D eigenvalue weighted by Gasteiger charge is -1.98. The van der Waals surface area contributed by atoms with Gasteiger partial charge in [-0.2, -0.15) is 0 Å². The fraction of sp³-hybridized carbons (Fsp3) is 0.875. The summed E-state index contributed by atoms with van der Waals surface area (Å²) in [6.45, 7) is 3.68. The standard InChI is InChI=1S/C8H17NO/c1-2-3-4-5-6-9-7-8-10/h8-9H,2-7H2,1H3. The molecule has 0 aliphatic heterocycles. The molecule has 0 unspecified atom stereocenters. The van der Waals surface area contributed by atoms with Crippen LogP contribution in [0.15, 0.2) is 0 Å². The Bertz CT molecular complexity index is 73.7. The van der Waals surface area contributed by atoms with Crippen LogP contribution in [0.2, 0.25) is 0 Å². The van der Waals surface area contributed by atoms with Gasteiger partial charge in [0.15, 0.2) is 0 Å². The molecule has 0 heterocycles. The summed E-state index contributed by atoms with van der Waals surface area (Å²) in [5.74, 6) is 0. The van der Waals surface area contributed by atoms with Gasteiger partial charge in [0.1, 0.15) is 6.29 Å². The van der Waals surface area contributed by atoms with Crippen molar-refractivity contribution in [1.29, 1.82) is 0 Å². The van der Waals surface area contributed by atoms with Crippen LogP contribution in [0.25, 0.3) is 0 Å². The first-order valence-corrected chi connectivity index (χ1v) is 4.06. The van der Waals surface area contributed by atoms with Crippen molar-refractivity contribution < 1.29 is 4.79 Å². The van der Waals surface area contributed by atoms with Gasteiger partial charge in [0.25, 0.3) is 0 Å². The van der Waals surface area contributed by atoms with Gasteiger partial charge >= 0.3 is 0 Å². The van der Waals surface area contributed by atoms with Gasteiger partial charge in [-0.15, -0.1) is 0 Å². The highest BCUT2D eigenvalue weighted by molar-refractivity contribution is 5.51. The molecule has 0 spiro atoms. The second kappa shape index (κ2) is 8.63. The third kappa shape index (κ3) is 7.63. The van der Waals surface area contributed by atoms with Crippen LogP contribution in [0.4, 0.5) is 0 Å². The summed E-state index contributed by atoms with van der Waals surface area (Å²) < 4.78 is 0. The number of carbonyl (C=O) groups excluding carboxylic acids is 1. The van der Waals surface area contributed by atoms with Crippen LogP contribution in [-0.4, -0.2) is 19.4 Å². The molecule has 0 aliphatic carbocycles. The first-order chi connectivity index (χ1) is 4.91. The minimum absolute atomic E-state index is 0.506. The van der Waals surface area contributed by atoms with Crippen LogP contribution in [0.3, 0.4) is 0 Å². The SMILES string of the molecule is CCCCCCNCC=O. The summed E-state index contributed by atoms with van der Waals surface area (Å²) in [5, 5.41) is 3.03. The van der Waals surface area contributed by atoms with Crippen molar-refractivity contribution in [3.8, 4) is 0 Å². The van der Waals surface area contributed by atoms with Gasteiger partial charge in [-0.05, 0) is 13.0 Å². The first kappa shape index (κ1) is 9.63. The van der Waals surface area contributed by atoms with Crippen LogP contribution in [0.1, 0.15) is 32.6 Å². The Balaban J connectivity index is 2.70. The van der Waals surface area contributed by atoms with Gasteiger partial charge in [0.2, 0.25) is 0 Å². The van der Waals surface area contributed by atoms with Crippen molar-refractivity contribution in [3.63, 3.8) is 0 Å². The molecule has 0 aromatic heterocycles. The van der Waals surface area contributed by atoms with Crippen LogP contribution in [0, 0.1) is 0 Å². The maximum atomic E-state index is 9.83. The number of rotatable bonds is 7. The van der Waals surface area contributed by atoms with Gasteiger partial charge in [-0.1, -0.05) is 26.2 Å². The Morgan fingerprint density at radius 2 is 2.10 bits per heavy atom. The molecule has 1 N–H and O–H groups in total. The molecule has 0 amide bonds. The van der Waals surface area contributed by atoms with Gasteiger partial charge in [-0.25, -0.2) is 0 Å². The molecule has 10 heavy (non-hydrogen) atoms. The summed E-state index contributed by atoms with van der Waals surface area (Å²) in [4.78, 5) is 9.83. The van der Waals surface area contributed by atoms with Gasteiger partial charge in [-0.3, -0.25) is 0 Å². The van der Waals surface area contributed by atoms with E-state index in [1.165, 1.54) is 25.7 Å². The van der Waals surface area contributed by atoms with E-state index in [2.05, 4.69) is 12.2 Å². The van der Waals surface area contributed by atoms with Gasteiger partial charge in [0.05, 0.1) is 6.54 Å². The summed E-state index contributed by atoms with van der Waals surface area (Å²) in [5.41, 5.74) is 0. The predicted molar refractivity (Wildman–Crippen MR) is 43.1 cm³/mol. The van der Waals surface area contributed by atoms with Crippen molar-refractivity contribution in [2.24, 2.45) is 0 Å². The van der Waals surface area contributed by atoms with E-state index in [0.29, 0.717) is 6.54 Å². The summed E-state index contributed by atoms with van der Waals surface area (Å²) in [7, 11) is 0. The zero-order valence-electron chi connectivity index (χ0n) is 6.73. The zero-order chi connectivity index (χ0) is 7.66. The Morgan fingerprint density at radius 3 is 2.70 bits per heavy atom. The lowest BCUT2D eigenvalue weighted by Crippen LogP contribution is -2.17. The second-order valence-electron chi connectivity index (χ2n) is 2.43. The molecule has 2 nitrogen and oxygen atoms in total. The molecule has 0 fully saturated rings. The first-order valence-electron chi connectivity index (χ1n) is 4.06. The van der Waals surface area contributed by atoms with E-state index in [1.54, 1.807) is 0 Å². The fourth-order valence-corrected chi connectivity index (χ4v) is 0.838. The molecule has 2 heteroatoms. The Hall–Kier alpha value is -0.370. The van der Waals surface area contributed by atoms with E-state index in [9.17, 15) is 4.79 Å². The highest BCUT2D eigenvalue weighted by Crippen LogP contribution is 1.96. The zero-order valence-corrected chi connectivity index (χ0v) is 6.73. The van der Waals surface area contributed by atoms with E-state index in [1.807, 2.05) is 0 Å². The van der Waals surface area contributed by atoms with Crippen LogP contribution >= 0.6 is 0 Å². The third-order valence-corrected chi connectivity index (χ3v) is 1.43. The molecule has 0 aromatic rings. The molecule has 0 rings (SSSR count). The molecule has 0 atom stereocenters. The topological polar surface area (TPSA) is 29.1 Å². The van der Waals surface area contributed by atoms with Gasteiger partial charge in [0, 0.05) is 0 Å². The van der Waals surface area contributed by atoms with E-state index in [-0.39, 0.29) is 0 Å². The maximum absolute atomic E-state index is 9.83. The predicted octanol–water partition coefficient (Wildman–Crippen LogP) is 1.36. The van der Waals surface area contributed by atoms with Crippen LogP contribution < -0.4 is 5.32 Å². The van der Waals surface area contributed by atoms with Crippen LogP contribution in [0.5, 0.6) is 0 Å². The van der Waals surface area contributed by atoms with Crippen LogP contribution in [-0.2, 0) is 4.79 Å². The molecule has 0 radical (unpaired) electrons. The van der Waals surface area contributed by atoms with E-state index in [4.69, 9.17) is 0 Å². The number of aldehydes is 1. The molecule has 0 aromatic carbocycles. The van der Waals surface area contributed by atoms with Crippen molar-refractivity contribution in [1.82, 2.24) is 5.32 Å². The van der Waals surface area contributed by atoms with E-state index in [0.717, 1.165) is 12.8 Å². The third-order valence-electron chi connectivity index (χ3n) is 1.43. The summed E-state index contributed by atoms with van der Waals surface area (Å²) >= 11 is 0. The van der Waals surface area contributed by atoms with Crippen molar-refractivity contribution in [2.75, 3.05) is 13.1 Å². The number of hydrogen-bond donors (Lipinski definition) is 1. The Kier molecular flexibility index (Phi) is 8.31. The highest BCUT2D eigenvalue weighted by Gasteiger charge is 1.85. The van der Waals surface area contributed by atoms with Crippen molar-refractivity contribution in [2.45, 2.75) is 32.6 Å². The minimum Gasteiger partial charge on any atom is -0.310 e. The lowest BCUT2D eigenvalue weighted by atomic mass is 10.2. The largest absolute Gasteiger partial charge is 0.310 e. The van der Waals surface area contributed by atoms with E-state index < -0.39 is 0 Å². The van der Waals surface area contributed by atoms with Crippen molar-refractivity contribution in [3.05, 3.63) is 0 Å². The molecular formula is C8H17NO. The summed E-state index contributed by atoms with van der Waals surface area (Å²) in [6.07, 6.45) is 5.96. The maximum Gasteiger partial charge on any atom is 0.133 e.